The molecule has 0 fully saturated rings. The fraction of sp³-hybridized carbons (Fsp3) is 0.350. The number of hydrogen-bond acceptors (Lipinski definition) is 12. The van der Waals surface area contributed by atoms with E-state index in [0.717, 1.165) is 6.26 Å². The molecule has 2 rings (SSSR count). The molecule has 37 heavy (non-hydrogen) atoms. The van der Waals surface area contributed by atoms with Crippen molar-refractivity contribution in [2.24, 2.45) is 16.5 Å². The van der Waals surface area contributed by atoms with Crippen LogP contribution in [0.5, 0.6) is 11.6 Å². The van der Waals surface area contributed by atoms with Crippen molar-refractivity contribution in [1.82, 2.24) is 9.97 Å². The summed E-state index contributed by atoms with van der Waals surface area (Å²) in [6.45, 7) is 0.0928. The maximum Gasteiger partial charge on any atom is 0.373 e. The zero-order valence-corrected chi connectivity index (χ0v) is 20.9. The maximum absolute atomic E-state index is 12.2. The Labute approximate surface area is 211 Å². The van der Waals surface area contributed by atoms with Crippen LogP contribution >= 0.6 is 0 Å². The number of nitrogens with zero attached hydrogens (tertiary/aromatic N) is 6. The molecule has 17 heteroatoms. The van der Waals surface area contributed by atoms with Gasteiger partial charge in [0.05, 0.1) is 16.2 Å². The fourth-order valence-electron chi connectivity index (χ4n) is 2.99. The highest BCUT2D eigenvalue weighted by Gasteiger charge is 2.32. The van der Waals surface area contributed by atoms with Crippen LogP contribution in [0, 0.1) is 21.4 Å². The minimum atomic E-state index is -4.11. The maximum atomic E-state index is 12.2. The summed E-state index contributed by atoms with van der Waals surface area (Å²) in [5.74, 6) is -3.00. The average Bonchev–Trinajstić information content (AvgIpc) is 2.79. The second-order valence-electron chi connectivity index (χ2n) is 7.81. The third-order valence-electron chi connectivity index (χ3n) is 4.69. The molecule has 1 aromatic carbocycles. The molecule has 198 valence electrons. The third kappa shape index (κ3) is 7.63. The quantitative estimate of drug-likeness (QED) is 0.0718. The lowest BCUT2D eigenvalue weighted by Crippen LogP contribution is -2.31. The van der Waals surface area contributed by atoms with E-state index in [2.05, 4.69) is 20.3 Å². The molecule has 0 aliphatic heterocycles. The van der Waals surface area contributed by atoms with E-state index in [-0.39, 0.29) is 31.1 Å². The number of benzene rings is 1. The van der Waals surface area contributed by atoms with Gasteiger partial charge in [-0.3, -0.25) is 15.1 Å². The normalized spacial score (nSPS) is 11.6. The average molecular weight is 536 g/mol. The van der Waals surface area contributed by atoms with E-state index in [1.807, 2.05) is 6.07 Å². The Morgan fingerprint density at radius 1 is 1.38 bits per heavy atom. The Balaban J connectivity index is 2.60. The van der Waals surface area contributed by atoms with Crippen molar-refractivity contribution >= 4 is 39.0 Å². The number of nitriles is 1. The van der Waals surface area contributed by atoms with Gasteiger partial charge in [-0.1, -0.05) is 0 Å². The molecule has 1 unspecified atom stereocenters. The number of anilines is 2. The van der Waals surface area contributed by atoms with Crippen molar-refractivity contribution < 1.29 is 28.0 Å². The molecule has 0 saturated heterocycles. The van der Waals surface area contributed by atoms with E-state index in [4.69, 9.17) is 16.2 Å². The van der Waals surface area contributed by atoms with Crippen molar-refractivity contribution in [2.45, 2.75) is 24.0 Å². The van der Waals surface area contributed by atoms with Crippen molar-refractivity contribution in [2.75, 3.05) is 37.1 Å². The van der Waals surface area contributed by atoms with Gasteiger partial charge in [0.1, 0.15) is 17.9 Å². The molecular formula is C20H25N9O7S. The van der Waals surface area contributed by atoms with Gasteiger partial charge >= 0.3 is 17.5 Å². The first-order valence-electron chi connectivity index (χ1n) is 10.4. The Kier molecular flexibility index (Phi) is 9.10. The molecule has 0 bridgehead atoms. The van der Waals surface area contributed by atoms with Crippen LogP contribution in [0.1, 0.15) is 18.4 Å². The number of aliphatic imine (C=N–C) groups is 1. The predicted molar refractivity (Wildman–Crippen MR) is 132 cm³/mol. The van der Waals surface area contributed by atoms with Crippen molar-refractivity contribution in [1.29, 1.82) is 5.26 Å². The first-order chi connectivity index (χ1) is 17.2. The summed E-state index contributed by atoms with van der Waals surface area (Å²) >= 11 is 0. The number of nitrogens with one attached hydrogen (secondary N) is 1. The minimum Gasteiger partial charge on any atom is -0.480 e. The number of nitro groups is 1. The molecule has 0 saturated carbocycles. The number of carboxylic acid groups (broad SMARTS) is 1. The van der Waals surface area contributed by atoms with Crippen LogP contribution in [0.2, 0.25) is 0 Å². The van der Waals surface area contributed by atoms with Crippen molar-refractivity contribution in [3.8, 4) is 17.7 Å². The Morgan fingerprint density at radius 2 is 2.05 bits per heavy atom. The van der Waals surface area contributed by atoms with Crippen LogP contribution < -0.4 is 26.4 Å². The molecule has 16 nitrogen and oxygen atoms in total. The van der Waals surface area contributed by atoms with Crippen LogP contribution in [0.15, 0.2) is 28.3 Å². The fourth-order valence-corrected chi connectivity index (χ4v) is 3.50. The zero-order chi connectivity index (χ0) is 27.9. The molecule has 0 aliphatic carbocycles. The molecule has 0 spiro atoms. The largest absolute Gasteiger partial charge is 0.480 e. The molecular weight excluding hydrogens is 510 g/mol. The van der Waals surface area contributed by atoms with Crippen LogP contribution in [-0.4, -0.2) is 73.3 Å². The highest BCUT2D eigenvalue weighted by atomic mass is 32.2. The van der Waals surface area contributed by atoms with Gasteiger partial charge in [-0.25, -0.2) is 13.2 Å². The highest BCUT2D eigenvalue weighted by Crippen LogP contribution is 2.37. The van der Waals surface area contributed by atoms with Crippen LogP contribution in [0.4, 0.5) is 17.2 Å². The van der Waals surface area contributed by atoms with Gasteiger partial charge in [0.25, 0.3) is 5.16 Å². The summed E-state index contributed by atoms with van der Waals surface area (Å²) < 4.78 is 30.0. The van der Waals surface area contributed by atoms with E-state index in [0.29, 0.717) is 11.3 Å². The second kappa shape index (κ2) is 11.8. The lowest BCUT2D eigenvalue weighted by Gasteiger charge is -2.17. The van der Waals surface area contributed by atoms with Gasteiger partial charge in [0.2, 0.25) is 15.7 Å². The highest BCUT2D eigenvalue weighted by molar-refractivity contribution is 7.90. The number of ether oxygens (including phenoxy) is 1. The Hall–Kier alpha value is -4.72. The summed E-state index contributed by atoms with van der Waals surface area (Å²) in [5.41, 5.74) is 10.3. The van der Waals surface area contributed by atoms with Gasteiger partial charge in [-0.2, -0.15) is 15.2 Å². The molecule has 0 radical (unpaired) electrons. The van der Waals surface area contributed by atoms with E-state index in [9.17, 15) is 33.7 Å². The van der Waals surface area contributed by atoms with Crippen molar-refractivity contribution in [3.63, 3.8) is 0 Å². The minimum absolute atomic E-state index is 0.00178. The molecule has 2 aromatic rings. The van der Waals surface area contributed by atoms with Gasteiger partial charge in [-0.05, 0) is 25.0 Å². The first-order valence-corrected chi connectivity index (χ1v) is 12.3. The number of carboxylic acids is 1. The lowest BCUT2D eigenvalue weighted by molar-refractivity contribution is -0.385. The number of aliphatic carboxylic acids is 1. The predicted octanol–water partition coefficient (Wildman–Crippen LogP) is 0.437. The Bertz CT molecular complexity index is 1370. The number of guanidine groups is 1. The first kappa shape index (κ1) is 28.5. The topological polar surface area (TPSA) is 253 Å². The second-order valence-corrected chi connectivity index (χ2v) is 9.72. The summed E-state index contributed by atoms with van der Waals surface area (Å²) in [6.07, 6.45) is 0.874. The van der Waals surface area contributed by atoms with E-state index < -0.39 is 49.3 Å². The monoisotopic (exact) mass is 535 g/mol. The number of aromatic nitrogens is 2. The standard InChI is InChI=1S/C20H25N9O7S/c1-28(2)14-9-12(7-6-11(14)10-21)36-17-15(29(32)33)16(26-20(27-17)37(3,34)35)25-13(18(30)31)5-4-8-24-19(22)23/h6-7,9,13H,4-5,8H2,1-3H3,(H,30,31)(H4,22,23,24)(H,25,26,27). The molecule has 0 amide bonds. The summed E-state index contributed by atoms with van der Waals surface area (Å²) in [6, 6.07) is 4.73. The number of rotatable bonds is 12. The van der Waals surface area contributed by atoms with Crippen LogP contribution in [0.25, 0.3) is 0 Å². The van der Waals surface area contributed by atoms with Crippen molar-refractivity contribution in [3.05, 3.63) is 33.9 Å². The van der Waals surface area contributed by atoms with Crippen LogP contribution in [-0.2, 0) is 14.6 Å². The van der Waals surface area contributed by atoms with E-state index >= 15 is 0 Å². The lowest BCUT2D eigenvalue weighted by atomic mass is 10.1. The van der Waals surface area contributed by atoms with E-state index in [1.165, 1.54) is 18.2 Å². The van der Waals surface area contributed by atoms with Gasteiger partial charge in [0, 0.05) is 33.0 Å². The Morgan fingerprint density at radius 3 is 2.57 bits per heavy atom. The van der Waals surface area contributed by atoms with Gasteiger partial charge in [-0.15, -0.1) is 0 Å². The number of sulfone groups is 1. The van der Waals surface area contributed by atoms with E-state index in [1.54, 1.807) is 19.0 Å². The SMILES string of the molecule is CN(C)c1cc(Oc2nc(S(C)(=O)=O)nc(NC(CCCN=C(N)N)C(=O)O)c2[N+](=O)[O-])ccc1C#N. The summed E-state index contributed by atoms with van der Waals surface area (Å²) in [7, 11) is -0.785. The zero-order valence-electron chi connectivity index (χ0n) is 20.1. The molecule has 6 N–H and O–H groups in total. The van der Waals surface area contributed by atoms with Gasteiger partial charge in [0.15, 0.2) is 5.96 Å². The van der Waals surface area contributed by atoms with Crippen LogP contribution in [0.3, 0.4) is 0 Å². The molecule has 0 aliphatic rings. The number of nitrogens with two attached hydrogens (primary N) is 2. The summed E-state index contributed by atoms with van der Waals surface area (Å²) in [4.78, 5) is 35.6. The number of carbonyl (C=O) groups is 1. The third-order valence-corrected chi connectivity index (χ3v) is 5.53. The molecule has 1 heterocycles. The number of hydrogen-bond donors (Lipinski definition) is 4. The summed E-state index contributed by atoms with van der Waals surface area (Å²) in [5, 5.41) is 32.4. The smallest absolute Gasteiger partial charge is 0.373 e. The molecule has 1 aromatic heterocycles. The molecule has 1 atom stereocenters. The van der Waals surface area contributed by atoms with Gasteiger partial charge < -0.3 is 31.5 Å².